The van der Waals surface area contributed by atoms with Gasteiger partial charge in [-0.15, -0.1) is 0 Å². The molecule has 1 saturated carbocycles. The minimum absolute atomic E-state index is 0.0446. The number of hydrogen-bond acceptors (Lipinski definition) is 2. The van der Waals surface area contributed by atoms with Crippen LogP contribution in [0.25, 0.3) is 0 Å². The first-order chi connectivity index (χ1) is 9.74. The molecular weight excluding hydrogens is 248 g/mol. The second-order valence-corrected chi connectivity index (χ2v) is 6.15. The van der Waals surface area contributed by atoms with E-state index in [9.17, 15) is 5.11 Å². The third-order valence-corrected chi connectivity index (χ3v) is 4.42. The molecule has 20 heavy (non-hydrogen) atoms. The summed E-state index contributed by atoms with van der Waals surface area (Å²) in [5, 5.41) is 9.37. The Morgan fingerprint density at radius 2 is 1.70 bits per heavy atom. The summed E-state index contributed by atoms with van der Waals surface area (Å²) < 4.78 is 6.37. The lowest BCUT2D eigenvalue weighted by Gasteiger charge is -2.38. The third kappa shape index (κ3) is 4.43. The zero-order valence-electron chi connectivity index (χ0n) is 12.7. The van der Waals surface area contributed by atoms with Crippen molar-refractivity contribution >= 4 is 0 Å². The Hall–Kier alpha value is -1.18. The first kappa shape index (κ1) is 15.2. The van der Waals surface area contributed by atoms with E-state index in [0.29, 0.717) is 5.75 Å². The first-order valence-electron chi connectivity index (χ1n) is 8.22. The van der Waals surface area contributed by atoms with E-state index in [0.717, 1.165) is 5.75 Å². The van der Waals surface area contributed by atoms with Crippen LogP contribution in [0.4, 0.5) is 0 Å². The summed E-state index contributed by atoms with van der Waals surface area (Å²) in [5.74, 6) is 1.21. The van der Waals surface area contributed by atoms with Crippen LogP contribution in [0.3, 0.4) is 0 Å². The summed E-state index contributed by atoms with van der Waals surface area (Å²) in [4.78, 5) is 0. The lowest BCUT2D eigenvalue weighted by molar-refractivity contribution is 0.0195. The van der Waals surface area contributed by atoms with Gasteiger partial charge in [-0.25, -0.2) is 0 Å². The van der Waals surface area contributed by atoms with E-state index in [1.54, 1.807) is 12.1 Å². The fraction of sp³-hybridized carbons (Fsp3) is 0.667. The summed E-state index contributed by atoms with van der Waals surface area (Å²) in [7, 11) is 0. The van der Waals surface area contributed by atoms with Gasteiger partial charge in [0, 0.05) is 0 Å². The highest BCUT2D eigenvalue weighted by Gasteiger charge is 2.33. The molecule has 0 aliphatic heterocycles. The molecule has 0 amide bonds. The van der Waals surface area contributed by atoms with E-state index in [2.05, 4.69) is 6.92 Å². The molecule has 0 heterocycles. The molecule has 112 valence electrons. The van der Waals surface area contributed by atoms with E-state index in [4.69, 9.17) is 4.74 Å². The van der Waals surface area contributed by atoms with Gasteiger partial charge in [-0.3, -0.25) is 0 Å². The minimum Gasteiger partial charge on any atom is -0.508 e. The zero-order valence-corrected chi connectivity index (χ0v) is 12.7. The molecule has 0 bridgehead atoms. The maximum Gasteiger partial charge on any atom is 0.120 e. The van der Waals surface area contributed by atoms with Crippen molar-refractivity contribution in [3.8, 4) is 11.5 Å². The average Bonchev–Trinajstić information content (AvgIpc) is 2.47. The highest BCUT2D eigenvalue weighted by molar-refractivity contribution is 5.30. The Morgan fingerprint density at radius 3 is 2.35 bits per heavy atom. The van der Waals surface area contributed by atoms with Crippen LogP contribution in [0.5, 0.6) is 11.5 Å². The van der Waals surface area contributed by atoms with E-state index in [-0.39, 0.29) is 5.60 Å². The first-order valence-corrected chi connectivity index (χ1v) is 8.22. The Morgan fingerprint density at radius 1 is 1.00 bits per heavy atom. The predicted molar refractivity (Wildman–Crippen MR) is 83.3 cm³/mol. The molecule has 0 spiro atoms. The normalized spacial score (nSPS) is 17.9. The average molecular weight is 276 g/mol. The number of unbranched alkanes of at least 4 members (excludes halogenated alkanes) is 3. The van der Waals surface area contributed by atoms with Crippen LogP contribution in [-0.4, -0.2) is 10.7 Å². The van der Waals surface area contributed by atoms with Gasteiger partial charge >= 0.3 is 0 Å². The van der Waals surface area contributed by atoms with Crippen LogP contribution >= 0.6 is 0 Å². The van der Waals surface area contributed by atoms with Crippen LogP contribution < -0.4 is 4.74 Å². The van der Waals surface area contributed by atoms with Crippen molar-refractivity contribution in [2.75, 3.05) is 0 Å². The molecule has 2 rings (SSSR count). The number of benzene rings is 1. The molecule has 1 aromatic rings. The largest absolute Gasteiger partial charge is 0.508 e. The molecule has 2 heteroatoms. The number of phenolic OH excluding ortho intramolecular Hbond substituents is 1. The van der Waals surface area contributed by atoms with Gasteiger partial charge in [0.2, 0.25) is 0 Å². The molecule has 1 aliphatic carbocycles. The summed E-state index contributed by atoms with van der Waals surface area (Å²) in [6.07, 6.45) is 12.6. The van der Waals surface area contributed by atoms with Gasteiger partial charge in [-0.05, 0) is 62.8 Å². The molecule has 0 aromatic heterocycles. The van der Waals surface area contributed by atoms with Gasteiger partial charge in [0.15, 0.2) is 0 Å². The van der Waals surface area contributed by atoms with Crippen molar-refractivity contribution in [1.29, 1.82) is 0 Å². The zero-order chi connectivity index (χ0) is 14.3. The van der Waals surface area contributed by atoms with Crippen LogP contribution in [0.1, 0.15) is 71.1 Å². The summed E-state index contributed by atoms with van der Waals surface area (Å²) in [6.45, 7) is 2.25. The Bertz CT molecular complexity index is 377. The molecule has 1 aliphatic rings. The quantitative estimate of drug-likeness (QED) is 0.671. The number of aromatic hydroxyl groups is 1. The van der Waals surface area contributed by atoms with Crippen LogP contribution in [0, 0.1) is 0 Å². The Balaban J connectivity index is 1.96. The molecule has 0 atom stereocenters. The highest BCUT2D eigenvalue weighted by Crippen LogP contribution is 2.37. The maximum absolute atomic E-state index is 9.37. The number of ether oxygens (including phenoxy) is 1. The second kappa shape index (κ2) is 7.56. The van der Waals surface area contributed by atoms with Gasteiger partial charge in [0.05, 0.1) is 0 Å². The molecule has 2 nitrogen and oxygen atoms in total. The van der Waals surface area contributed by atoms with Crippen molar-refractivity contribution in [3.63, 3.8) is 0 Å². The van der Waals surface area contributed by atoms with Crippen molar-refractivity contribution < 1.29 is 9.84 Å². The second-order valence-electron chi connectivity index (χ2n) is 6.15. The number of phenols is 1. The minimum atomic E-state index is 0.0446. The smallest absolute Gasteiger partial charge is 0.120 e. The van der Waals surface area contributed by atoms with Crippen molar-refractivity contribution in [2.45, 2.75) is 76.7 Å². The maximum atomic E-state index is 9.37. The topological polar surface area (TPSA) is 29.5 Å². The molecule has 0 radical (unpaired) electrons. The fourth-order valence-corrected chi connectivity index (χ4v) is 3.24. The fourth-order valence-electron chi connectivity index (χ4n) is 3.24. The molecule has 1 N–H and O–H groups in total. The van der Waals surface area contributed by atoms with Gasteiger partial charge in [-0.1, -0.05) is 32.6 Å². The monoisotopic (exact) mass is 276 g/mol. The van der Waals surface area contributed by atoms with Crippen LogP contribution in [0.2, 0.25) is 0 Å². The van der Waals surface area contributed by atoms with E-state index < -0.39 is 0 Å². The number of hydrogen-bond donors (Lipinski definition) is 1. The molecule has 1 aromatic carbocycles. The van der Waals surface area contributed by atoms with E-state index >= 15 is 0 Å². The molecule has 0 unspecified atom stereocenters. The van der Waals surface area contributed by atoms with Crippen molar-refractivity contribution in [3.05, 3.63) is 24.3 Å². The van der Waals surface area contributed by atoms with Crippen LogP contribution in [-0.2, 0) is 0 Å². The van der Waals surface area contributed by atoms with E-state index in [1.165, 1.54) is 64.2 Å². The Labute approximate surface area is 123 Å². The van der Waals surface area contributed by atoms with Gasteiger partial charge < -0.3 is 9.84 Å². The summed E-state index contributed by atoms with van der Waals surface area (Å²) in [6, 6.07) is 7.20. The van der Waals surface area contributed by atoms with Gasteiger partial charge in [0.1, 0.15) is 17.1 Å². The number of rotatable bonds is 7. The molecule has 0 saturated heterocycles. The molecular formula is C18H28O2. The van der Waals surface area contributed by atoms with Crippen LogP contribution in [0.15, 0.2) is 24.3 Å². The predicted octanol–water partition coefficient (Wildman–Crippen LogP) is 5.44. The van der Waals surface area contributed by atoms with Crippen molar-refractivity contribution in [1.82, 2.24) is 0 Å². The SMILES string of the molecule is CCCCCCC1(Oc2ccc(O)cc2)CCCCC1. The summed E-state index contributed by atoms with van der Waals surface area (Å²) >= 11 is 0. The standard InChI is InChI=1S/C18H28O2/c1-2-3-4-6-13-18(14-7-5-8-15-18)20-17-11-9-16(19)10-12-17/h9-12,19H,2-8,13-15H2,1H3. The van der Waals surface area contributed by atoms with Gasteiger partial charge in [-0.2, -0.15) is 0 Å². The highest BCUT2D eigenvalue weighted by atomic mass is 16.5. The summed E-state index contributed by atoms with van der Waals surface area (Å²) in [5.41, 5.74) is 0.0446. The third-order valence-electron chi connectivity index (χ3n) is 4.42. The lowest BCUT2D eigenvalue weighted by Crippen LogP contribution is -2.38. The van der Waals surface area contributed by atoms with Gasteiger partial charge in [0.25, 0.3) is 0 Å². The van der Waals surface area contributed by atoms with E-state index in [1.807, 2.05) is 12.1 Å². The van der Waals surface area contributed by atoms with Crippen molar-refractivity contribution in [2.24, 2.45) is 0 Å². The Kier molecular flexibility index (Phi) is 5.75. The lowest BCUT2D eigenvalue weighted by atomic mass is 9.81. The molecule has 1 fully saturated rings.